The highest BCUT2D eigenvalue weighted by atomic mass is 16.2. The third-order valence-electron chi connectivity index (χ3n) is 5.28. The summed E-state index contributed by atoms with van der Waals surface area (Å²) < 4.78 is 1.85. The Balaban J connectivity index is 1.47. The van der Waals surface area contributed by atoms with Crippen LogP contribution in [-0.2, 0) is 11.3 Å². The Morgan fingerprint density at radius 2 is 1.81 bits per heavy atom. The molecule has 0 saturated heterocycles. The SMILES string of the molecule is Cc1ccc(C(=O)C[n+]2ccc(N3CCC4=C(C=CCC4)C3=O)cc2)cc1. The van der Waals surface area contributed by atoms with Crippen LogP contribution >= 0.6 is 0 Å². The molecule has 4 nitrogen and oxygen atoms in total. The van der Waals surface area contributed by atoms with E-state index in [0.717, 1.165) is 42.6 Å². The number of carbonyl (C=O) groups excluding carboxylic acids is 2. The van der Waals surface area contributed by atoms with Crippen LogP contribution in [0.3, 0.4) is 0 Å². The Hall–Kier alpha value is -3.01. The number of amides is 1. The van der Waals surface area contributed by atoms with Gasteiger partial charge >= 0.3 is 0 Å². The molecule has 1 aromatic carbocycles. The van der Waals surface area contributed by atoms with Gasteiger partial charge in [0.1, 0.15) is 0 Å². The highest BCUT2D eigenvalue weighted by Gasteiger charge is 2.27. The van der Waals surface area contributed by atoms with E-state index in [1.54, 1.807) is 0 Å². The summed E-state index contributed by atoms with van der Waals surface area (Å²) in [6.45, 7) is 3.01. The molecule has 0 unspecified atom stereocenters. The summed E-state index contributed by atoms with van der Waals surface area (Å²) in [5, 5.41) is 0. The van der Waals surface area contributed by atoms with Gasteiger partial charge in [0, 0.05) is 29.8 Å². The van der Waals surface area contributed by atoms with Gasteiger partial charge in [0.15, 0.2) is 12.4 Å². The molecule has 1 aliphatic carbocycles. The quantitative estimate of drug-likeness (QED) is 0.619. The summed E-state index contributed by atoms with van der Waals surface area (Å²) in [6, 6.07) is 11.5. The zero-order valence-corrected chi connectivity index (χ0v) is 15.5. The molecule has 1 amide bonds. The average molecular weight is 359 g/mol. The van der Waals surface area contributed by atoms with Crippen LogP contribution in [0.25, 0.3) is 0 Å². The van der Waals surface area contributed by atoms with Gasteiger partial charge in [-0.25, -0.2) is 0 Å². The average Bonchev–Trinajstić information content (AvgIpc) is 2.70. The van der Waals surface area contributed by atoms with Gasteiger partial charge in [-0.05, 0) is 26.2 Å². The van der Waals surface area contributed by atoms with Crippen molar-refractivity contribution in [1.29, 1.82) is 0 Å². The normalized spacial score (nSPS) is 16.5. The number of hydrogen-bond donors (Lipinski definition) is 0. The fourth-order valence-electron chi connectivity index (χ4n) is 3.66. The molecule has 0 fully saturated rings. The Labute approximate surface area is 159 Å². The fourth-order valence-corrected chi connectivity index (χ4v) is 3.66. The molecule has 0 spiro atoms. The summed E-state index contributed by atoms with van der Waals surface area (Å²) in [7, 11) is 0. The van der Waals surface area contributed by atoms with Gasteiger partial charge in [-0.2, -0.15) is 4.57 Å². The number of carbonyl (C=O) groups is 2. The van der Waals surface area contributed by atoms with Crippen molar-refractivity contribution in [3.63, 3.8) is 0 Å². The number of nitrogens with zero attached hydrogens (tertiary/aromatic N) is 2. The Morgan fingerprint density at radius 1 is 1.07 bits per heavy atom. The van der Waals surface area contributed by atoms with Crippen LogP contribution in [0.15, 0.2) is 72.1 Å². The summed E-state index contributed by atoms with van der Waals surface area (Å²) >= 11 is 0. The predicted molar refractivity (Wildman–Crippen MR) is 105 cm³/mol. The van der Waals surface area contributed by atoms with Crippen LogP contribution < -0.4 is 9.47 Å². The second-order valence-electron chi connectivity index (χ2n) is 7.18. The Bertz CT molecular complexity index is 937. The van der Waals surface area contributed by atoms with Gasteiger partial charge in [-0.15, -0.1) is 0 Å². The molecule has 4 rings (SSSR count). The molecule has 0 N–H and O–H groups in total. The summed E-state index contributed by atoms with van der Waals surface area (Å²) in [4.78, 5) is 27.0. The molecule has 4 heteroatoms. The maximum Gasteiger partial charge on any atom is 0.258 e. The van der Waals surface area contributed by atoms with Crippen LogP contribution in [0.2, 0.25) is 0 Å². The van der Waals surface area contributed by atoms with E-state index in [1.807, 2.05) is 71.3 Å². The maximum atomic E-state index is 12.8. The van der Waals surface area contributed by atoms with Gasteiger partial charge in [-0.3, -0.25) is 9.59 Å². The third-order valence-corrected chi connectivity index (χ3v) is 5.28. The molecule has 1 aromatic heterocycles. The van der Waals surface area contributed by atoms with Crippen molar-refractivity contribution in [2.24, 2.45) is 0 Å². The van der Waals surface area contributed by atoms with Crippen molar-refractivity contribution < 1.29 is 14.2 Å². The van der Waals surface area contributed by atoms with Crippen LogP contribution in [0.1, 0.15) is 35.2 Å². The first kappa shape index (κ1) is 17.4. The molecular formula is C23H23N2O2+. The first-order valence-electron chi connectivity index (χ1n) is 9.41. The lowest BCUT2D eigenvalue weighted by molar-refractivity contribution is -0.683. The van der Waals surface area contributed by atoms with Crippen molar-refractivity contribution in [3.05, 3.63) is 83.2 Å². The van der Waals surface area contributed by atoms with Crippen molar-refractivity contribution in [1.82, 2.24) is 0 Å². The maximum absolute atomic E-state index is 12.8. The molecular weight excluding hydrogens is 336 g/mol. The molecule has 0 atom stereocenters. The highest BCUT2D eigenvalue weighted by molar-refractivity contribution is 6.09. The van der Waals surface area contributed by atoms with Crippen LogP contribution in [-0.4, -0.2) is 18.2 Å². The molecule has 0 bridgehead atoms. The van der Waals surface area contributed by atoms with Crippen LogP contribution in [0.5, 0.6) is 0 Å². The van der Waals surface area contributed by atoms with E-state index >= 15 is 0 Å². The minimum absolute atomic E-state index is 0.0731. The van der Waals surface area contributed by atoms with Crippen LogP contribution in [0, 0.1) is 6.92 Å². The fraction of sp³-hybridized carbons (Fsp3) is 0.261. The molecule has 0 saturated carbocycles. The van der Waals surface area contributed by atoms with Crippen molar-refractivity contribution in [3.8, 4) is 0 Å². The standard InChI is InChI=1S/C23H23N2O2/c1-17-6-8-19(9-7-17)22(26)16-24-13-11-20(12-14-24)25-15-10-18-4-2-3-5-21(18)23(25)27/h3,5-9,11-14H,2,4,10,15-16H2,1H3/q+1. The van der Waals surface area contributed by atoms with Crippen molar-refractivity contribution >= 4 is 17.4 Å². The molecule has 27 heavy (non-hydrogen) atoms. The van der Waals surface area contributed by atoms with E-state index in [-0.39, 0.29) is 18.2 Å². The largest absolute Gasteiger partial charge is 0.308 e. The van der Waals surface area contributed by atoms with Crippen molar-refractivity contribution in [2.75, 3.05) is 11.4 Å². The van der Waals surface area contributed by atoms with E-state index in [0.29, 0.717) is 5.56 Å². The highest BCUT2D eigenvalue weighted by Crippen LogP contribution is 2.30. The van der Waals surface area contributed by atoms with Crippen molar-refractivity contribution in [2.45, 2.75) is 32.7 Å². The topological polar surface area (TPSA) is 41.3 Å². The second-order valence-corrected chi connectivity index (χ2v) is 7.18. The molecule has 2 aromatic rings. The van der Waals surface area contributed by atoms with Gasteiger partial charge in [0.05, 0.1) is 5.69 Å². The molecule has 136 valence electrons. The number of anilines is 1. The number of benzene rings is 1. The first-order chi connectivity index (χ1) is 13.1. The molecule has 2 heterocycles. The summed E-state index contributed by atoms with van der Waals surface area (Å²) in [5.74, 6) is 0.157. The Morgan fingerprint density at radius 3 is 2.56 bits per heavy atom. The third kappa shape index (κ3) is 3.61. The number of rotatable bonds is 4. The number of aromatic nitrogens is 1. The first-order valence-corrected chi connectivity index (χ1v) is 9.41. The lowest BCUT2D eigenvalue weighted by Crippen LogP contribution is -2.40. The summed E-state index contributed by atoms with van der Waals surface area (Å²) in [5.41, 5.74) is 4.88. The van der Waals surface area contributed by atoms with E-state index in [4.69, 9.17) is 0 Å². The Kier molecular flexibility index (Phi) is 4.71. The van der Waals surface area contributed by atoms with E-state index in [9.17, 15) is 9.59 Å². The van der Waals surface area contributed by atoms with Gasteiger partial charge < -0.3 is 4.90 Å². The minimum Gasteiger partial charge on any atom is -0.308 e. The number of Topliss-reactive ketones (excluding diaryl/α,β-unsaturated/α-hetero) is 1. The lowest BCUT2D eigenvalue weighted by Gasteiger charge is -2.30. The zero-order chi connectivity index (χ0) is 18.8. The number of allylic oxidation sites excluding steroid dienone is 1. The zero-order valence-electron chi connectivity index (χ0n) is 15.5. The second kappa shape index (κ2) is 7.31. The number of aryl methyl sites for hydroxylation is 1. The van der Waals surface area contributed by atoms with Gasteiger partial charge in [0.25, 0.3) is 5.91 Å². The molecule has 2 aliphatic rings. The van der Waals surface area contributed by atoms with Gasteiger partial charge in [-0.1, -0.05) is 47.6 Å². The predicted octanol–water partition coefficient (Wildman–Crippen LogP) is 3.55. The van der Waals surface area contributed by atoms with E-state index < -0.39 is 0 Å². The number of pyridine rings is 1. The molecule has 0 radical (unpaired) electrons. The van der Waals surface area contributed by atoms with Gasteiger partial charge in [0.2, 0.25) is 12.3 Å². The van der Waals surface area contributed by atoms with E-state index in [1.165, 1.54) is 5.57 Å². The monoisotopic (exact) mass is 359 g/mol. The summed E-state index contributed by atoms with van der Waals surface area (Å²) in [6.07, 6.45) is 10.8. The smallest absolute Gasteiger partial charge is 0.258 e. The van der Waals surface area contributed by atoms with Crippen LogP contribution in [0.4, 0.5) is 5.69 Å². The minimum atomic E-state index is 0.0731. The number of hydrogen-bond acceptors (Lipinski definition) is 2. The lowest BCUT2D eigenvalue weighted by atomic mass is 9.91. The number of ketones is 1. The van der Waals surface area contributed by atoms with E-state index in [2.05, 4.69) is 6.08 Å². The molecule has 1 aliphatic heterocycles.